The van der Waals surface area contributed by atoms with Gasteiger partial charge in [0, 0.05) is 39.2 Å². The maximum Gasteiger partial charge on any atom is 0.330 e. The van der Waals surface area contributed by atoms with Gasteiger partial charge in [-0.3, -0.25) is 0 Å². The third-order valence-electron chi connectivity index (χ3n) is 5.91. The summed E-state index contributed by atoms with van der Waals surface area (Å²) in [4.78, 5) is 22.3. The van der Waals surface area contributed by atoms with Crippen molar-refractivity contribution in [1.29, 1.82) is 0 Å². The molecule has 0 aromatic heterocycles. The van der Waals surface area contributed by atoms with Gasteiger partial charge >= 0.3 is 11.9 Å². The van der Waals surface area contributed by atoms with E-state index >= 15 is 0 Å². The minimum atomic E-state index is -0.639. The molecule has 0 bridgehead atoms. The lowest BCUT2D eigenvalue weighted by Crippen LogP contribution is -2.29. The van der Waals surface area contributed by atoms with E-state index in [9.17, 15) is 14.7 Å². The zero-order valence-corrected chi connectivity index (χ0v) is 18.3. The molecule has 8 nitrogen and oxygen atoms in total. The first-order valence-corrected chi connectivity index (χ1v) is 9.86. The first-order valence-electron chi connectivity index (χ1n) is 9.86. The van der Waals surface area contributed by atoms with Crippen LogP contribution in [0.25, 0.3) is 0 Å². The predicted molar refractivity (Wildman–Crippen MR) is 109 cm³/mol. The van der Waals surface area contributed by atoms with E-state index in [0.717, 1.165) is 18.4 Å². The first-order chi connectivity index (χ1) is 14.2. The number of hydrogen-bond donors (Lipinski definition) is 1. The normalized spacial score (nSPS) is 35.2. The molecule has 8 heteroatoms. The van der Waals surface area contributed by atoms with Crippen molar-refractivity contribution in [3.8, 4) is 0 Å². The van der Waals surface area contributed by atoms with Gasteiger partial charge in [0.05, 0.1) is 38.6 Å². The van der Waals surface area contributed by atoms with Crippen molar-refractivity contribution in [2.45, 2.75) is 62.6 Å². The summed E-state index contributed by atoms with van der Waals surface area (Å²) in [6, 6.07) is 0. The molecule has 168 valence electrons. The fourth-order valence-corrected chi connectivity index (χ4v) is 3.77. The van der Waals surface area contributed by atoms with E-state index in [1.165, 1.54) is 26.4 Å². The molecule has 1 aliphatic heterocycles. The van der Waals surface area contributed by atoms with Gasteiger partial charge in [-0.25, -0.2) is 9.59 Å². The summed E-state index contributed by atoms with van der Waals surface area (Å²) in [5.74, 6) is -0.757. The van der Waals surface area contributed by atoms with Crippen LogP contribution in [0.5, 0.6) is 0 Å². The Balaban J connectivity index is 0.000000214. The van der Waals surface area contributed by atoms with Crippen LogP contribution in [0.15, 0.2) is 35.5 Å². The fraction of sp³-hybridized carbons (Fsp3) is 0.636. The molecule has 1 saturated heterocycles. The number of epoxide rings is 1. The van der Waals surface area contributed by atoms with Gasteiger partial charge in [-0.1, -0.05) is 6.58 Å². The van der Waals surface area contributed by atoms with Gasteiger partial charge in [-0.15, -0.1) is 0 Å². The third-order valence-corrected chi connectivity index (χ3v) is 5.91. The van der Waals surface area contributed by atoms with Crippen molar-refractivity contribution in [3.63, 3.8) is 0 Å². The Morgan fingerprint density at radius 3 is 2.17 bits per heavy atom. The summed E-state index contributed by atoms with van der Waals surface area (Å²) in [6.07, 6.45) is 5.30. The lowest BCUT2D eigenvalue weighted by atomic mass is 9.83. The average molecular weight is 424 g/mol. The summed E-state index contributed by atoms with van der Waals surface area (Å²) in [5, 5.41) is 9.66. The van der Waals surface area contributed by atoms with Crippen LogP contribution in [0, 0.1) is 0 Å². The van der Waals surface area contributed by atoms with Gasteiger partial charge in [-0.2, -0.15) is 0 Å². The van der Waals surface area contributed by atoms with E-state index in [1.807, 2.05) is 6.92 Å². The van der Waals surface area contributed by atoms with Crippen LogP contribution < -0.4 is 0 Å². The Kier molecular flexibility index (Phi) is 8.37. The van der Waals surface area contributed by atoms with Gasteiger partial charge < -0.3 is 28.8 Å². The minimum absolute atomic E-state index is 0.0681. The van der Waals surface area contributed by atoms with Crippen molar-refractivity contribution in [3.05, 3.63) is 35.5 Å². The molecule has 3 aliphatic rings. The fourth-order valence-electron chi connectivity index (χ4n) is 3.77. The van der Waals surface area contributed by atoms with Crippen LogP contribution in [0.1, 0.15) is 32.6 Å². The standard InChI is InChI=1S/2C11H16O4/c1-11-7(5-10(12)14-3)4-8(13-2)6-9(11)15-11;1-7-8(5-11(13)15-3)4-9(14-2)6-10(7)12/h5,8-9H,4,6H2,1-3H3;5,9-10,12H,1,4,6H2,2-3H3/b7-5+;8-5+. The van der Waals surface area contributed by atoms with Crippen molar-refractivity contribution in [2.75, 3.05) is 28.4 Å². The topological polar surface area (TPSA) is 104 Å². The number of carbonyl (C=O) groups is 2. The van der Waals surface area contributed by atoms with Gasteiger partial charge in [0.2, 0.25) is 0 Å². The molecule has 2 aliphatic carbocycles. The van der Waals surface area contributed by atoms with E-state index in [1.54, 1.807) is 14.2 Å². The highest BCUT2D eigenvalue weighted by Gasteiger charge is 2.58. The Hall–Kier alpha value is -2.00. The zero-order chi connectivity index (χ0) is 22.5. The number of rotatable bonds is 4. The molecule has 5 unspecified atom stereocenters. The quantitative estimate of drug-likeness (QED) is 0.414. The van der Waals surface area contributed by atoms with Crippen molar-refractivity contribution in [2.24, 2.45) is 0 Å². The molecule has 0 aromatic rings. The molecule has 3 fully saturated rings. The van der Waals surface area contributed by atoms with E-state index in [2.05, 4.69) is 16.1 Å². The maximum absolute atomic E-state index is 11.2. The smallest absolute Gasteiger partial charge is 0.330 e. The maximum atomic E-state index is 11.2. The number of carbonyl (C=O) groups excluding carboxylic acids is 2. The van der Waals surface area contributed by atoms with Crippen LogP contribution in [0.4, 0.5) is 0 Å². The summed E-state index contributed by atoms with van der Waals surface area (Å²) in [5.41, 5.74) is 2.02. The van der Waals surface area contributed by atoms with E-state index in [0.29, 0.717) is 24.0 Å². The van der Waals surface area contributed by atoms with Crippen molar-refractivity contribution in [1.82, 2.24) is 0 Å². The third kappa shape index (κ3) is 5.78. The highest BCUT2D eigenvalue weighted by molar-refractivity contribution is 5.84. The van der Waals surface area contributed by atoms with Crippen LogP contribution in [0.3, 0.4) is 0 Å². The molecule has 0 amide bonds. The molecular weight excluding hydrogens is 392 g/mol. The highest BCUT2D eigenvalue weighted by atomic mass is 16.6. The summed E-state index contributed by atoms with van der Waals surface area (Å²) >= 11 is 0. The SMILES string of the molecule is C=C1/C(=C/C(=O)OC)CC(OC)CC1O.COC(=O)/C=C1\CC(OC)CC2OC12C. The van der Waals surface area contributed by atoms with Crippen molar-refractivity contribution < 1.29 is 38.4 Å². The number of fused-ring (bicyclic) bond motifs is 1. The second-order valence-electron chi connectivity index (χ2n) is 7.74. The number of hydrogen-bond acceptors (Lipinski definition) is 8. The van der Waals surface area contributed by atoms with Crippen LogP contribution in [0.2, 0.25) is 0 Å². The Morgan fingerprint density at radius 1 is 1.03 bits per heavy atom. The van der Waals surface area contributed by atoms with Crippen LogP contribution >= 0.6 is 0 Å². The second-order valence-corrected chi connectivity index (χ2v) is 7.74. The number of esters is 2. The Morgan fingerprint density at radius 2 is 1.60 bits per heavy atom. The Bertz CT molecular complexity index is 725. The number of aliphatic hydroxyl groups is 1. The molecule has 0 aromatic carbocycles. The Labute approximate surface area is 177 Å². The van der Waals surface area contributed by atoms with E-state index in [4.69, 9.17) is 14.2 Å². The van der Waals surface area contributed by atoms with Crippen LogP contribution in [-0.4, -0.2) is 75.5 Å². The highest BCUT2D eigenvalue weighted by Crippen LogP contribution is 2.51. The molecule has 3 rings (SSSR count). The van der Waals surface area contributed by atoms with Gasteiger partial charge in [0.15, 0.2) is 0 Å². The molecule has 1 N–H and O–H groups in total. The number of methoxy groups -OCH3 is 4. The summed E-state index contributed by atoms with van der Waals surface area (Å²) in [7, 11) is 5.96. The monoisotopic (exact) mass is 424 g/mol. The van der Waals surface area contributed by atoms with E-state index in [-0.39, 0.29) is 29.9 Å². The summed E-state index contributed by atoms with van der Waals surface area (Å²) < 4.78 is 25.2. The van der Waals surface area contributed by atoms with Gasteiger partial charge in [-0.05, 0) is 36.5 Å². The number of aliphatic hydroxyl groups excluding tert-OH is 1. The first kappa shape index (κ1) is 24.3. The molecule has 2 saturated carbocycles. The molecular formula is C22H32O8. The molecule has 0 spiro atoms. The summed E-state index contributed by atoms with van der Waals surface area (Å²) in [6.45, 7) is 5.76. The predicted octanol–water partition coefficient (Wildman–Crippen LogP) is 1.86. The van der Waals surface area contributed by atoms with Crippen molar-refractivity contribution >= 4 is 11.9 Å². The second kappa shape index (κ2) is 10.3. The van der Waals surface area contributed by atoms with Gasteiger partial charge in [0.25, 0.3) is 0 Å². The minimum Gasteiger partial charge on any atom is -0.466 e. The number of ether oxygens (including phenoxy) is 5. The molecule has 1 heterocycles. The molecule has 30 heavy (non-hydrogen) atoms. The molecule has 5 atom stereocenters. The zero-order valence-electron chi connectivity index (χ0n) is 18.3. The largest absolute Gasteiger partial charge is 0.466 e. The molecule has 0 radical (unpaired) electrons. The van der Waals surface area contributed by atoms with Crippen LogP contribution in [-0.2, 0) is 33.3 Å². The van der Waals surface area contributed by atoms with Gasteiger partial charge in [0.1, 0.15) is 5.60 Å². The lowest BCUT2D eigenvalue weighted by molar-refractivity contribution is -0.135. The van der Waals surface area contributed by atoms with E-state index < -0.39 is 12.1 Å². The lowest BCUT2D eigenvalue weighted by Gasteiger charge is -2.28. The average Bonchev–Trinajstić information content (AvgIpc) is 3.42.